The van der Waals surface area contributed by atoms with Gasteiger partial charge in [-0.3, -0.25) is 10.2 Å². The zero-order chi connectivity index (χ0) is 11.6. The van der Waals surface area contributed by atoms with Gasteiger partial charge in [0.1, 0.15) is 0 Å². The predicted molar refractivity (Wildman–Crippen MR) is 63.9 cm³/mol. The highest BCUT2D eigenvalue weighted by molar-refractivity contribution is 7.10. The quantitative estimate of drug-likeness (QED) is 0.799. The highest BCUT2D eigenvalue weighted by Crippen LogP contribution is 2.31. The Morgan fingerprint density at radius 3 is 2.47 bits per heavy atom. The van der Waals surface area contributed by atoms with Gasteiger partial charge in [0.2, 0.25) is 5.91 Å². The Morgan fingerprint density at radius 1 is 1.47 bits per heavy atom. The molecule has 0 aliphatic rings. The first-order chi connectivity index (χ1) is 6.85. The van der Waals surface area contributed by atoms with Gasteiger partial charge in [-0.2, -0.15) is 0 Å². The number of amides is 1. The summed E-state index contributed by atoms with van der Waals surface area (Å²) in [5.74, 6) is 0.0260. The molecular formula is C11H18N2OS. The summed E-state index contributed by atoms with van der Waals surface area (Å²) >= 11 is 1.63. The van der Waals surface area contributed by atoms with E-state index in [1.807, 2.05) is 46.3 Å². The number of thiophene rings is 1. The number of hydrogen-bond donors (Lipinski definition) is 1. The maximum Gasteiger partial charge on any atom is 0.245 e. The molecule has 4 heteroatoms. The van der Waals surface area contributed by atoms with Crippen molar-refractivity contribution in [2.24, 2.45) is 0 Å². The van der Waals surface area contributed by atoms with E-state index in [1.54, 1.807) is 16.3 Å². The molecule has 0 fully saturated rings. The second-order valence-electron chi connectivity index (χ2n) is 4.39. The minimum atomic E-state index is -0.470. The fourth-order valence-corrected chi connectivity index (χ4v) is 2.51. The van der Waals surface area contributed by atoms with Crippen molar-refractivity contribution in [1.82, 2.24) is 10.4 Å². The molecule has 0 unspecified atom stereocenters. The Balaban J connectivity index is 2.92. The van der Waals surface area contributed by atoms with E-state index in [0.29, 0.717) is 0 Å². The SMILES string of the molecule is Cc1ccsc1C(C)(C)C(=O)NN(C)C. The van der Waals surface area contributed by atoms with Crippen LogP contribution in [0.1, 0.15) is 24.3 Å². The fraction of sp³-hybridized carbons (Fsp3) is 0.545. The molecule has 3 nitrogen and oxygen atoms in total. The van der Waals surface area contributed by atoms with Gasteiger partial charge in [-0.05, 0) is 37.8 Å². The molecule has 0 aliphatic carbocycles. The lowest BCUT2D eigenvalue weighted by molar-refractivity contribution is -0.129. The Morgan fingerprint density at radius 2 is 2.07 bits per heavy atom. The van der Waals surface area contributed by atoms with Crippen LogP contribution in [0.5, 0.6) is 0 Å². The van der Waals surface area contributed by atoms with E-state index in [9.17, 15) is 4.79 Å². The van der Waals surface area contributed by atoms with E-state index in [1.165, 1.54) is 5.56 Å². The van der Waals surface area contributed by atoms with Gasteiger partial charge in [0, 0.05) is 19.0 Å². The third-order valence-electron chi connectivity index (χ3n) is 2.32. The molecule has 0 spiro atoms. The first-order valence-electron chi connectivity index (χ1n) is 4.88. The second-order valence-corrected chi connectivity index (χ2v) is 5.31. The summed E-state index contributed by atoms with van der Waals surface area (Å²) in [5, 5.41) is 3.70. The van der Waals surface area contributed by atoms with Gasteiger partial charge in [-0.1, -0.05) is 0 Å². The molecule has 84 valence electrons. The van der Waals surface area contributed by atoms with Crippen LogP contribution in [-0.4, -0.2) is 25.0 Å². The maximum atomic E-state index is 12.0. The molecule has 15 heavy (non-hydrogen) atoms. The number of aryl methyl sites for hydroxylation is 1. The summed E-state index contributed by atoms with van der Waals surface area (Å²) in [5.41, 5.74) is 3.51. The highest BCUT2D eigenvalue weighted by atomic mass is 32.1. The Bertz CT molecular complexity index is 355. The number of rotatable bonds is 3. The topological polar surface area (TPSA) is 32.3 Å². The molecule has 1 N–H and O–H groups in total. The van der Waals surface area contributed by atoms with Crippen LogP contribution in [0, 0.1) is 6.92 Å². The Labute approximate surface area is 95.1 Å². The van der Waals surface area contributed by atoms with E-state index < -0.39 is 5.41 Å². The molecule has 1 aromatic rings. The van der Waals surface area contributed by atoms with Crippen molar-refractivity contribution in [3.8, 4) is 0 Å². The van der Waals surface area contributed by atoms with E-state index in [2.05, 4.69) is 5.43 Å². The van der Waals surface area contributed by atoms with Crippen molar-refractivity contribution in [1.29, 1.82) is 0 Å². The lowest BCUT2D eigenvalue weighted by Crippen LogP contribution is -2.46. The first-order valence-corrected chi connectivity index (χ1v) is 5.76. The van der Waals surface area contributed by atoms with Gasteiger partial charge in [0.25, 0.3) is 0 Å². The standard InChI is InChI=1S/C11H18N2OS/c1-8-6-7-15-9(8)11(2,3)10(14)12-13(4)5/h6-7H,1-5H3,(H,12,14). The zero-order valence-corrected chi connectivity index (χ0v) is 10.7. The molecule has 0 bridgehead atoms. The maximum absolute atomic E-state index is 12.0. The van der Waals surface area contributed by atoms with Crippen molar-refractivity contribution in [3.05, 3.63) is 21.9 Å². The van der Waals surface area contributed by atoms with Crippen LogP contribution in [0.25, 0.3) is 0 Å². The number of carbonyl (C=O) groups excluding carboxylic acids is 1. The van der Waals surface area contributed by atoms with Crippen molar-refractivity contribution >= 4 is 17.2 Å². The molecule has 0 aliphatic heterocycles. The van der Waals surface area contributed by atoms with Gasteiger partial charge >= 0.3 is 0 Å². The van der Waals surface area contributed by atoms with Crippen LogP contribution in [-0.2, 0) is 10.2 Å². The van der Waals surface area contributed by atoms with E-state index >= 15 is 0 Å². The molecule has 0 radical (unpaired) electrons. The average molecular weight is 226 g/mol. The Hall–Kier alpha value is -0.870. The van der Waals surface area contributed by atoms with E-state index in [-0.39, 0.29) is 5.91 Å². The summed E-state index contributed by atoms with van der Waals surface area (Å²) in [7, 11) is 3.63. The summed E-state index contributed by atoms with van der Waals surface area (Å²) in [6.07, 6.45) is 0. The molecule has 1 aromatic heterocycles. The van der Waals surface area contributed by atoms with Crippen LogP contribution < -0.4 is 5.43 Å². The molecular weight excluding hydrogens is 208 g/mol. The minimum absolute atomic E-state index is 0.0260. The van der Waals surface area contributed by atoms with Gasteiger partial charge in [0.15, 0.2) is 0 Å². The van der Waals surface area contributed by atoms with Gasteiger partial charge in [-0.15, -0.1) is 11.3 Å². The molecule has 1 rings (SSSR count). The first kappa shape index (κ1) is 12.2. The second kappa shape index (κ2) is 4.33. The van der Waals surface area contributed by atoms with Crippen molar-refractivity contribution in [2.45, 2.75) is 26.2 Å². The smallest absolute Gasteiger partial charge is 0.245 e. The van der Waals surface area contributed by atoms with Crippen LogP contribution >= 0.6 is 11.3 Å². The van der Waals surface area contributed by atoms with Crippen LogP contribution in [0.15, 0.2) is 11.4 Å². The number of nitrogens with one attached hydrogen (secondary N) is 1. The van der Waals surface area contributed by atoms with Gasteiger partial charge in [-0.25, -0.2) is 5.01 Å². The number of nitrogens with zero attached hydrogens (tertiary/aromatic N) is 1. The molecule has 1 amide bonds. The monoisotopic (exact) mass is 226 g/mol. The van der Waals surface area contributed by atoms with Crippen molar-refractivity contribution < 1.29 is 4.79 Å². The third kappa shape index (κ3) is 2.58. The minimum Gasteiger partial charge on any atom is -0.289 e. The van der Waals surface area contributed by atoms with Crippen LogP contribution in [0.3, 0.4) is 0 Å². The van der Waals surface area contributed by atoms with Crippen LogP contribution in [0.2, 0.25) is 0 Å². The molecule has 0 saturated carbocycles. The third-order valence-corrected chi connectivity index (χ3v) is 3.66. The molecule has 0 atom stereocenters. The van der Waals surface area contributed by atoms with Crippen molar-refractivity contribution in [3.63, 3.8) is 0 Å². The summed E-state index contributed by atoms with van der Waals surface area (Å²) < 4.78 is 0. The van der Waals surface area contributed by atoms with Crippen LogP contribution in [0.4, 0.5) is 0 Å². The average Bonchev–Trinajstić information content (AvgIpc) is 2.50. The van der Waals surface area contributed by atoms with Gasteiger partial charge in [0.05, 0.1) is 5.41 Å². The van der Waals surface area contributed by atoms with E-state index in [4.69, 9.17) is 0 Å². The number of carbonyl (C=O) groups is 1. The largest absolute Gasteiger partial charge is 0.289 e. The number of hydrogen-bond acceptors (Lipinski definition) is 3. The molecule has 0 aromatic carbocycles. The molecule has 1 heterocycles. The zero-order valence-electron chi connectivity index (χ0n) is 9.92. The Kier molecular flexibility index (Phi) is 3.52. The fourth-order valence-electron chi connectivity index (χ4n) is 1.46. The molecule has 0 saturated heterocycles. The lowest BCUT2D eigenvalue weighted by atomic mass is 9.88. The summed E-state index contributed by atoms with van der Waals surface area (Å²) in [4.78, 5) is 13.1. The van der Waals surface area contributed by atoms with Gasteiger partial charge < -0.3 is 0 Å². The number of hydrazine groups is 1. The predicted octanol–water partition coefficient (Wildman–Crippen LogP) is 1.93. The normalized spacial score (nSPS) is 11.9. The lowest BCUT2D eigenvalue weighted by Gasteiger charge is -2.25. The summed E-state index contributed by atoms with van der Waals surface area (Å²) in [6, 6.07) is 2.05. The summed E-state index contributed by atoms with van der Waals surface area (Å²) in [6.45, 7) is 5.94. The highest BCUT2D eigenvalue weighted by Gasteiger charge is 2.32. The van der Waals surface area contributed by atoms with E-state index in [0.717, 1.165) is 4.88 Å². The van der Waals surface area contributed by atoms with Crippen molar-refractivity contribution in [2.75, 3.05) is 14.1 Å².